The Labute approximate surface area is 114 Å². The normalized spacial score (nSPS) is 11.3. The molecule has 8 heteroatoms. The van der Waals surface area contributed by atoms with E-state index in [1.165, 1.54) is 13.0 Å². The second-order valence-electron chi connectivity index (χ2n) is 3.93. The number of aliphatic carboxylic acids is 1. The van der Waals surface area contributed by atoms with E-state index in [4.69, 9.17) is 10.2 Å². The minimum atomic E-state index is -1.38. The molecule has 108 valence electrons. The molecule has 1 aromatic rings. The first-order valence-electron chi connectivity index (χ1n) is 5.71. The summed E-state index contributed by atoms with van der Waals surface area (Å²) in [6.45, 7) is 0.639. The fraction of sp³-hybridized carbons (Fsp3) is 0.250. The predicted octanol–water partition coefficient (Wildman–Crippen LogP) is 0.212. The zero-order valence-electron chi connectivity index (χ0n) is 10.7. The molecule has 0 bridgehead atoms. The molecule has 1 rings (SSSR count). The first kappa shape index (κ1) is 15.4. The van der Waals surface area contributed by atoms with E-state index in [-0.39, 0.29) is 5.91 Å². The second-order valence-corrected chi connectivity index (χ2v) is 3.93. The summed E-state index contributed by atoms with van der Waals surface area (Å²) in [5, 5.41) is 24.5. The molecule has 0 aliphatic rings. The van der Waals surface area contributed by atoms with Gasteiger partial charge in [0.05, 0.1) is 6.61 Å². The van der Waals surface area contributed by atoms with Gasteiger partial charge >= 0.3 is 12.0 Å². The van der Waals surface area contributed by atoms with E-state index in [2.05, 4.69) is 16.0 Å². The average Bonchev–Trinajstić information content (AvgIpc) is 2.35. The number of amides is 3. The summed E-state index contributed by atoms with van der Waals surface area (Å²) >= 11 is 0. The van der Waals surface area contributed by atoms with Crippen molar-refractivity contribution in [1.82, 2.24) is 5.32 Å². The highest BCUT2D eigenvalue weighted by Gasteiger charge is 2.18. The maximum Gasteiger partial charge on any atom is 0.328 e. The molecule has 1 aromatic carbocycles. The Kier molecular flexibility index (Phi) is 5.48. The van der Waals surface area contributed by atoms with Gasteiger partial charge in [-0.1, -0.05) is 6.07 Å². The summed E-state index contributed by atoms with van der Waals surface area (Å²) < 4.78 is 0. The number of hydrogen-bond donors (Lipinski definition) is 5. The maximum absolute atomic E-state index is 11.5. The van der Waals surface area contributed by atoms with Crippen LogP contribution >= 0.6 is 0 Å². The van der Waals surface area contributed by atoms with Crippen LogP contribution in [0.25, 0.3) is 0 Å². The van der Waals surface area contributed by atoms with Crippen molar-refractivity contribution in [3.8, 4) is 0 Å². The topological polar surface area (TPSA) is 128 Å². The number of benzene rings is 1. The van der Waals surface area contributed by atoms with Crippen molar-refractivity contribution in [2.75, 3.05) is 17.2 Å². The third-order valence-electron chi connectivity index (χ3n) is 2.23. The van der Waals surface area contributed by atoms with Crippen molar-refractivity contribution >= 4 is 29.3 Å². The highest BCUT2D eigenvalue weighted by molar-refractivity contribution is 5.94. The molecule has 0 radical (unpaired) electrons. The number of aliphatic hydroxyl groups excluding tert-OH is 1. The van der Waals surface area contributed by atoms with E-state index < -0.39 is 24.6 Å². The quantitative estimate of drug-likeness (QED) is 0.527. The Morgan fingerprint density at radius 2 is 1.80 bits per heavy atom. The molecule has 0 aromatic heterocycles. The molecule has 1 unspecified atom stereocenters. The van der Waals surface area contributed by atoms with Gasteiger partial charge in [0.2, 0.25) is 5.91 Å². The number of aliphatic hydroxyl groups is 1. The van der Waals surface area contributed by atoms with Crippen LogP contribution in [0.1, 0.15) is 6.92 Å². The number of nitrogens with one attached hydrogen (secondary N) is 3. The van der Waals surface area contributed by atoms with Crippen molar-refractivity contribution in [2.45, 2.75) is 13.0 Å². The van der Waals surface area contributed by atoms with E-state index >= 15 is 0 Å². The van der Waals surface area contributed by atoms with Crippen LogP contribution in [-0.4, -0.2) is 40.8 Å². The lowest BCUT2D eigenvalue weighted by molar-refractivity contribution is -0.140. The summed E-state index contributed by atoms with van der Waals surface area (Å²) in [6, 6.07) is 4.18. The molecular formula is C12H15N3O5. The molecule has 20 heavy (non-hydrogen) atoms. The fourth-order valence-corrected chi connectivity index (χ4v) is 1.39. The first-order valence-corrected chi connectivity index (χ1v) is 5.71. The summed E-state index contributed by atoms with van der Waals surface area (Å²) in [6.07, 6.45) is 0. The Hall–Kier alpha value is -2.61. The predicted molar refractivity (Wildman–Crippen MR) is 71.4 cm³/mol. The lowest BCUT2D eigenvalue weighted by Gasteiger charge is -2.13. The molecular weight excluding hydrogens is 266 g/mol. The van der Waals surface area contributed by atoms with Crippen molar-refractivity contribution in [1.29, 1.82) is 0 Å². The van der Waals surface area contributed by atoms with Gasteiger partial charge in [-0.2, -0.15) is 0 Å². The van der Waals surface area contributed by atoms with Gasteiger partial charge in [0.25, 0.3) is 0 Å². The molecule has 8 nitrogen and oxygen atoms in total. The second kappa shape index (κ2) is 7.10. The third kappa shape index (κ3) is 4.94. The van der Waals surface area contributed by atoms with Crippen molar-refractivity contribution in [3.63, 3.8) is 0 Å². The highest BCUT2D eigenvalue weighted by Crippen LogP contribution is 2.14. The van der Waals surface area contributed by atoms with Crippen LogP contribution in [0, 0.1) is 0 Å². The van der Waals surface area contributed by atoms with Gasteiger partial charge in [0, 0.05) is 18.3 Å². The van der Waals surface area contributed by atoms with Crippen LogP contribution in [0.4, 0.5) is 16.2 Å². The largest absolute Gasteiger partial charge is 0.480 e. The Bertz CT molecular complexity index is 518. The molecule has 0 aliphatic heterocycles. The lowest BCUT2D eigenvalue weighted by Crippen LogP contribution is -2.45. The van der Waals surface area contributed by atoms with E-state index in [0.717, 1.165) is 0 Å². The Morgan fingerprint density at radius 3 is 2.30 bits per heavy atom. The zero-order valence-corrected chi connectivity index (χ0v) is 10.7. The monoisotopic (exact) mass is 281 g/mol. The van der Waals surface area contributed by atoms with E-state index in [0.29, 0.717) is 11.4 Å². The summed E-state index contributed by atoms with van der Waals surface area (Å²) in [4.78, 5) is 33.1. The number of anilines is 2. The van der Waals surface area contributed by atoms with E-state index in [1.807, 2.05) is 0 Å². The maximum atomic E-state index is 11.5. The highest BCUT2D eigenvalue weighted by atomic mass is 16.4. The van der Waals surface area contributed by atoms with Crippen molar-refractivity contribution in [2.24, 2.45) is 0 Å². The van der Waals surface area contributed by atoms with Crippen LogP contribution < -0.4 is 16.0 Å². The smallest absolute Gasteiger partial charge is 0.328 e. The van der Waals surface area contributed by atoms with Gasteiger partial charge < -0.3 is 26.2 Å². The van der Waals surface area contributed by atoms with E-state index in [1.54, 1.807) is 18.2 Å². The number of carboxylic acid groups (broad SMARTS) is 1. The van der Waals surface area contributed by atoms with Gasteiger partial charge in [-0.05, 0) is 18.2 Å². The molecule has 5 N–H and O–H groups in total. The standard InChI is InChI=1S/C12H15N3O5/c1-7(17)13-8-3-2-4-9(5-8)14-12(20)15-10(6-16)11(18)19/h2-5,10,16H,6H2,1H3,(H,13,17)(H,18,19)(H2,14,15,20). The summed E-state index contributed by atoms with van der Waals surface area (Å²) in [5.74, 6) is -1.59. The van der Waals surface area contributed by atoms with Crippen LogP contribution in [0.3, 0.4) is 0 Å². The van der Waals surface area contributed by atoms with E-state index in [9.17, 15) is 14.4 Å². The number of carboxylic acids is 1. The minimum Gasteiger partial charge on any atom is -0.480 e. The molecule has 1 atom stereocenters. The fourth-order valence-electron chi connectivity index (χ4n) is 1.39. The SMILES string of the molecule is CC(=O)Nc1cccc(NC(=O)NC(CO)C(=O)O)c1. The number of carbonyl (C=O) groups is 3. The zero-order chi connectivity index (χ0) is 15.1. The molecule has 0 aliphatic carbocycles. The number of hydrogen-bond acceptors (Lipinski definition) is 4. The molecule has 0 fully saturated rings. The van der Waals surface area contributed by atoms with Crippen LogP contribution in [0.15, 0.2) is 24.3 Å². The van der Waals surface area contributed by atoms with Gasteiger partial charge in [0.15, 0.2) is 6.04 Å². The molecule has 0 spiro atoms. The molecule has 0 saturated heterocycles. The van der Waals surface area contributed by atoms with Crippen LogP contribution in [-0.2, 0) is 9.59 Å². The van der Waals surface area contributed by atoms with Crippen LogP contribution in [0.2, 0.25) is 0 Å². The average molecular weight is 281 g/mol. The van der Waals surface area contributed by atoms with Gasteiger partial charge in [-0.3, -0.25) is 4.79 Å². The summed E-state index contributed by atoms with van der Waals surface area (Å²) in [7, 11) is 0. The number of rotatable bonds is 5. The first-order chi connectivity index (χ1) is 9.42. The van der Waals surface area contributed by atoms with Gasteiger partial charge in [-0.25, -0.2) is 9.59 Å². The number of carbonyl (C=O) groups excluding carboxylic acids is 2. The third-order valence-corrected chi connectivity index (χ3v) is 2.23. The number of urea groups is 1. The lowest BCUT2D eigenvalue weighted by atomic mass is 10.2. The minimum absolute atomic E-state index is 0.252. The van der Waals surface area contributed by atoms with Crippen molar-refractivity contribution in [3.05, 3.63) is 24.3 Å². The van der Waals surface area contributed by atoms with Gasteiger partial charge in [0.1, 0.15) is 0 Å². The Balaban J connectivity index is 2.66. The van der Waals surface area contributed by atoms with Crippen molar-refractivity contribution < 1.29 is 24.6 Å². The van der Waals surface area contributed by atoms with Crippen LogP contribution in [0.5, 0.6) is 0 Å². The Morgan fingerprint density at radius 1 is 1.20 bits per heavy atom. The van der Waals surface area contributed by atoms with Gasteiger partial charge in [-0.15, -0.1) is 0 Å². The molecule has 0 heterocycles. The summed E-state index contributed by atoms with van der Waals surface area (Å²) in [5.41, 5.74) is 0.864. The molecule has 3 amide bonds. The molecule has 0 saturated carbocycles.